The van der Waals surface area contributed by atoms with Crippen LogP contribution in [0.3, 0.4) is 0 Å². The zero-order valence-corrected chi connectivity index (χ0v) is 11.6. The van der Waals surface area contributed by atoms with Crippen molar-refractivity contribution in [2.45, 2.75) is 42.7 Å². The molecule has 7 atom stereocenters. The third kappa shape index (κ3) is 8.65. The van der Waals surface area contributed by atoms with E-state index in [0.717, 1.165) is 0 Å². The molecular weight excluding hydrogens is 308 g/mol. The van der Waals surface area contributed by atoms with Crippen molar-refractivity contribution in [2.75, 3.05) is 19.8 Å². The Labute approximate surface area is 125 Å². The number of rotatable bonds is 9. The summed E-state index contributed by atoms with van der Waals surface area (Å²) < 4.78 is 0. The maximum atomic E-state index is 9.90. The molecule has 0 aromatic rings. The van der Waals surface area contributed by atoms with Gasteiger partial charge in [0.25, 0.3) is 0 Å². The maximum absolute atomic E-state index is 9.90. The Bertz CT molecular complexity index is 267. The summed E-state index contributed by atoms with van der Waals surface area (Å²) in [5, 5.41) is 86.1. The number of carbonyl (C=O) groups is 1. The molecule has 0 fully saturated rings. The minimum atomic E-state index is -1.79. The molecule has 0 aliphatic carbocycles. The second-order valence-electron chi connectivity index (χ2n) is 4.35. The molecule has 0 aliphatic rings. The van der Waals surface area contributed by atoms with Gasteiger partial charge in [0.05, 0.1) is 19.8 Å². The number of carbonyl (C=O) groups excluding carboxylic acids is 1. The highest BCUT2D eigenvalue weighted by Crippen LogP contribution is 2.03. The summed E-state index contributed by atoms with van der Waals surface area (Å²) in [6, 6.07) is 0. The van der Waals surface area contributed by atoms with Crippen LogP contribution in [-0.2, 0) is 4.79 Å². The molecule has 134 valence electrons. The molecule has 11 nitrogen and oxygen atoms in total. The van der Waals surface area contributed by atoms with Gasteiger partial charge in [-0.1, -0.05) is 0 Å². The fourth-order valence-corrected chi connectivity index (χ4v) is 1.09. The average molecular weight is 332 g/mol. The normalized spacial score (nSPS) is 20.6. The summed E-state index contributed by atoms with van der Waals surface area (Å²) in [6.45, 7) is -2.04. The van der Waals surface area contributed by atoms with E-state index in [4.69, 9.17) is 51.1 Å². The number of hydrogen-bond acceptors (Lipinski definition) is 11. The van der Waals surface area contributed by atoms with Crippen molar-refractivity contribution in [3.8, 4) is 0 Å². The molecule has 0 heterocycles. The van der Waals surface area contributed by atoms with E-state index >= 15 is 0 Å². The summed E-state index contributed by atoms with van der Waals surface area (Å²) in [5.41, 5.74) is 0. The highest BCUT2D eigenvalue weighted by Gasteiger charge is 2.29. The minimum Gasteiger partial charge on any atom is -0.394 e. The fourth-order valence-electron chi connectivity index (χ4n) is 1.09. The summed E-state index contributed by atoms with van der Waals surface area (Å²) in [7, 11) is 0. The van der Waals surface area contributed by atoms with E-state index < -0.39 is 62.5 Å². The lowest BCUT2D eigenvalue weighted by Crippen LogP contribution is -2.46. The molecule has 0 rings (SSSR count). The molecule has 0 bridgehead atoms. The second kappa shape index (κ2) is 12.8. The van der Waals surface area contributed by atoms with E-state index in [9.17, 15) is 4.79 Å². The van der Waals surface area contributed by atoms with Crippen LogP contribution in [-0.4, -0.2) is 120 Å². The summed E-state index contributed by atoms with van der Waals surface area (Å²) in [5.74, 6) is 0. The predicted octanol–water partition coefficient (Wildman–Crippen LogP) is -6.33. The first-order valence-corrected chi connectivity index (χ1v) is 6.22. The molecule has 0 aliphatic heterocycles. The molecular formula is C11H24O11. The van der Waals surface area contributed by atoms with Crippen molar-refractivity contribution in [1.29, 1.82) is 0 Å². The van der Waals surface area contributed by atoms with E-state index in [-0.39, 0.29) is 6.29 Å². The van der Waals surface area contributed by atoms with Gasteiger partial charge in [-0.3, -0.25) is 0 Å². The van der Waals surface area contributed by atoms with Crippen LogP contribution >= 0.6 is 0 Å². The molecule has 0 radical (unpaired) electrons. The van der Waals surface area contributed by atoms with Crippen molar-refractivity contribution >= 4 is 6.29 Å². The van der Waals surface area contributed by atoms with Crippen LogP contribution in [0.15, 0.2) is 0 Å². The fraction of sp³-hybridized carbons (Fsp3) is 0.909. The van der Waals surface area contributed by atoms with E-state index in [2.05, 4.69) is 0 Å². The lowest BCUT2D eigenvalue weighted by molar-refractivity contribution is -0.136. The van der Waals surface area contributed by atoms with Crippen LogP contribution in [0.1, 0.15) is 0 Å². The molecule has 11 heteroatoms. The first-order valence-electron chi connectivity index (χ1n) is 6.22. The molecule has 0 saturated carbocycles. The number of aliphatic hydroxyl groups is 10. The maximum Gasteiger partial charge on any atom is 0.151 e. The third-order valence-electron chi connectivity index (χ3n) is 2.58. The molecule has 22 heavy (non-hydrogen) atoms. The van der Waals surface area contributed by atoms with Gasteiger partial charge in [0.15, 0.2) is 6.29 Å². The third-order valence-corrected chi connectivity index (χ3v) is 2.58. The highest BCUT2D eigenvalue weighted by molar-refractivity contribution is 5.56. The Hall–Kier alpha value is -0.730. The van der Waals surface area contributed by atoms with Crippen molar-refractivity contribution in [1.82, 2.24) is 0 Å². The summed E-state index contributed by atoms with van der Waals surface area (Å²) in [4.78, 5) is 9.90. The topological polar surface area (TPSA) is 219 Å². The number of hydrogen-bond donors (Lipinski definition) is 10. The van der Waals surface area contributed by atoms with Crippen LogP contribution in [0.5, 0.6) is 0 Å². The Morgan fingerprint density at radius 2 is 0.909 bits per heavy atom. The first-order chi connectivity index (χ1) is 10.2. The Morgan fingerprint density at radius 1 is 0.591 bits per heavy atom. The molecule has 10 N–H and O–H groups in total. The van der Waals surface area contributed by atoms with Gasteiger partial charge >= 0.3 is 0 Å². The van der Waals surface area contributed by atoms with E-state index in [0.29, 0.717) is 0 Å². The monoisotopic (exact) mass is 332 g/mol. The van der Waals surface area contributed by atoms with Crippen LogP contribution in [0.4, 0.5) is 0 Å². The van der Waals surface area contributed by atoms with Gasteiger partial charge in [0.1, 0.15) is 42.7 Å². The first kappa shape index (κ1) is 23.5. The van der Waals surface area contributed by atoms with Gasteiger partial charge in [-0.05, 0) is 0 Å². The Kier molecular flexibility index (Phi) is 13.7. The van der Waals surface area contributed by atoms with Crippen LogP contribution in [0.2, 0.25) is 0 Å². The van der Waals surface area contributed by atoms with Gasteiger partial charge in [-0.15, -0.1) is 0 Å². The largest absolute Gasteiger partial charge is 0.394 e. The van der Waals surface area contributed by atoms with Crippen LogP contribution < -0.4 is 0 Å². The summed E-state index contributed by atoms with van der Waals surface area (Å²) in [6.07, 6.45) is -11.1. The van der Waals surface area contributed by atoms with Crippen molar-refractivity contribution in [3.05, 3.63) is 0 Å². The molecule has 0 aromatic heterocycles. The van der Waals surface area contributed by atoms with Gasteiger partial charge in [-0.2, -0.15) is 0 Å². The predicted molar refractivity (Wildman–Crippen MR) is 69.4 cm³/mol. The smallest absolute Gasteiger partial charge is 0.151 e. The lowest BCUT2D eigenvalue weighted by atomic mass is 10.0. The van der Waals surface area contributed by atoms with Crippen LogP contribution in [0.25, 0.3) is 0 Å². The van der Waals surface area contributed by atoms with Gasteiger partial charge < -0.3 is 55.9 Å². The number of aldehydes is 1. The van der Waals surface area contributed by atoms with E-state index in [1.807, 2.05) is 0 Å². The Morgan fingerprint density at radius 3 is 1.18 bits per heavy atom. The van der Waals surface area contributed by atoms with E-state index in [1.54, 1.807) is 0 Å². The molecule has 0 saturated heterocycles. The van der Waals surface area contributed by atoms with E-state index in [1.165, 1.54) is 0 Å². The van der Waals surface area contributed by atoms with Crippen molar-refractivity contribution in [3.63, 3.8) is 0 Å². The highest BCUT2D eigenvalue weighted by atomic mass is 16.4. The Balaban J connectivity index is 0. The zero-order valence-electron chi connectivity index (χ0n) is 11.6. The van der Waals surface area contributed by atoms with Crippen molar-refractivity contribution < 1.29 is 55.9 Å². The van der Waals surface area contributed by atoms with Crippen LogP contribution in [0, 0.1) is 0 Å². The average Bonchev–Trinajstić information content (AvgIpc) is 2.56. The number of aliphatic hydroxyl groups excluding tert-OH is 10. The second-order valence-corrected chi connectivity index (χ2v) is 4.35. The van der Waals surface area contributed by atoms with Crippen molar-refractivity contribution in [2.24, 2.45) is 0 Å². The van der Waals surface area contributed by atoms with Gasteiger partial charge in [0.2, 0.25) is 0 Å². The molecule has 1 unspecified atom stereocenters. The molecule has 0 aromatic carbocycles. The SMILES string of the molecule is O=C[C@H](O)[C@@H](O)[C@H](O)[C@H](O)CO.OC[C@@H](O)C(O)[C@@H](O)CO. The molecule has 0 amide bonds. The quantitative estimate of drug-likeness (QED) is 0.179. The molecule has 0 spiro atoms. The zero-order chi connectivity index (χ0) is 17.9. The summed E-state index contributed by atoms with van der Waals surface area (Å²) >= 11 is 0. The standard InChI is InChI=1S/C6H12O6.C5H12O5/c7-1-3(9)5(11)6(12)4(10)2-8;6-1-3(8)5(10)4(9)2-7/h1,3-6,8-12H,2H2;3-10H,1-2H2/t3-,4+,5+,6+;3-,4+,5?/m0./s1. The van der Waals surface area contributed by atoms with Gasteiger partial charge in [0, 0.05) is 0 Å². The minimum absolute atomic E-state index is 0.0258. The lowest BCUT2D eigenvalue weighted by Gasteiger charge is -2.22. The van der Waals surface area contributed by atoms with Gasteiger partial charge in [-0.25, -0.2) is 0 Å².